The monoisotopic (exact) mass is 662 g/mol. The molecule has 2 aromatic carbocycles. The molecule has 47 heavy (non-hydrogen) atoms. The topological polar surface area (TPSA) is 32.8 Å². The lowest BCUT2D eigenvalue weighted by Crippen LogP contribution is -2.32. The van der Waals surface area contributed by atoms with Crippen LogP contribution < -0.4 is 4.90 Å². The lowest BCUT2D eigenvalue weighted by molar-refractivity contribution is -0.131. The van der Waals surface area contributed by atoms with Crippen LogP contribution in [-0.4, -0.2) is 49.8 Å². The average Bonchev–Trinajstić information content (AvgIpc) is 3.11. The summed E-state index contributed by atoms with van der Waals surface area (Å²) in [5.41, 5.74) is 3.60. The molecule has 2 aromatic rings. The van der Waals surface area contributed by atoms with Gasteiger partial charge in [0.25, 0.3) is 0 Å². The van der Waals surface area contributed by atoms with Crippen LogP contribution in [0.4, 0.5) is 5.69 Å². The second-order valence-corrected chi connectivity index (χ2v) is 14.6. The second-order valence-electron chi connectivity index (χ2n) is 13.5. The van der Waals surface area contributed by atoms with E-state index < -0.39 is 0 Å². The Morgan fingerprint density at radius 2 is 1.17 bits per heavy atom. The van der Waals surface area contributed by atoms with Gasteiger partial charge in [0.05, 0.1) is 11.5 Å². The molecule has 0 aromatic heterocycles. The van der Waals surface area contributed by atoms with Gasteiger partial charge in [-0.3, -0.25) is 4.79 Å². The fourth-order valence-corrected chi connectivity index (χ4v) is 7.43. The maximum absolute atomic E-state index is 13.3. The van der Waals surface area contributed by atoms with Crippen LogP contribution in [0.15, 0.2) is 54.6 Å². The fraction of sp³-hybridized carbons (Fsp3) is 0.643. The summed E-state index contributed by atoms with van der Waals surface area (Å²) >= 11 is 1.88. The highest BCUT2D eigenvalue weighted by molar-refractivity contribution is 8.08. The number of hydrogen-bond acceptors (Lipinski definition) is 4. The molecule has 0 atom stereocenters. The number of unbranched alkanes of at least 4 members (excludes halogenated alkanes) is 15. The Balaban J connectivity index is 1.39. The minimum Gasteiger partial charge on any atom is -0.491 e. The van der Waals surface area contributed by atoms with Crippen molar-refractivity contribution < 1.29 is 9.53 Å². The molecular formula is C42H66N2O2S. The largest absolute Gasteiger partial charge is 0.491 e. The summed E-state index contributed by atoms with van der Waals surface area (Å²) in [6.07, 6.45) is 23.5. The summed E-state index contributed by atoms with van der Waals surface area (Å²) in [5, 5.41) is 0. The number of nitrogens with zero attached hydrogens (tertiary/aromatic N) is 2. The van der Waals surface area contributed by atoms with Gasteiger partial charge < -0.3 is 14.5 Å². The van der Waals surface area contributed by atoms with Gasteiger partial charge in [0, 0.05) is 50.1 Å². The molecule has 0 fully saturated rings. The van der Waals surface area contributed by atoms with E-state index in [0.717, 1.165) is 75.4 Å². The predicted molar refractivity (Wildman–Crippen MR) is 207 cm³/mol. The Kier molecular flexibility index (Phi) is 20.5. The standard InChI is InChI=1S/C42H66N2O2S/c1-4-6-8-10-12-14-16-24-34-44(33-23-15-13-11-9-7-5-2)40(45)27-21-18-22-32-43(3)39-30-28-38(29-31-39)42-41(46-35-36-47-42)37-25-19-17-20-26-37/h17,19-20,25-26,28-31H,4-16,18,21-24,27,32-36H2,1-3H3. The molecule has 0 spiro atoms. The smallest absolute Gasteiger partial charge is 0.222 e. The Hall–Kier alpha value is -2.40. The number of ether oxygens (including phenoxy) is 1. The first-order valence-corrected chi connectivity index (χ1v) is 20.3. The molecule has 0 unspecified atom stereocenters. The minimum atomic E-state index is 0.386. The number of carbonyl (C=O) groups excluding carboxylic acids is 1. The van der Waals surface area contributed by atoms with Crippen molar-refractivity contribution in [1.29, 1.82) is 0 Å². The zero-order valence-corrected chi connectivity index (χ0v) is 31.1. The first-order chi connectivity index (χ1) is 23.1. The van der Waals surface area contributed by atoms with Crippen LogP contribution in [0, 0.1) is 0 Å². The zero-order chi connectivity index (χ0) is 33.4. The molecule has 1 aliphatic heterocycles. The molecule has 3 rings (SSSR count). The molecule has 1 aliphatic rings. The number of hydrogen-bond donors (Lipinski definition) is 0. The highest BCUT2D eigenvalue weighted by Crippen LogP contribution is 2.39. The van der Waals surface area contributed by atoms with Crippen molar-refractivity contribution in [1.82, 2.24) is 4.90 Å². The van der Waals surface area contributed by atoms with E-state index in [9.17, 15) is 4.79 Å². The van der Waals surface area contributed by atoms with Crippen molar-refractivity contribution in [2.45, 2.75) is 136 Å². The van der Waals surface area contributed by atoms with Crippen molar-refractivity contribution in [2.24, 2.45) is 0 Å². The molecule has 1 heterocycles. The summed E-state index contributed by atoms with van der Waals surface area (Å²) in [6, 6.07) is 19.4. The van der Waals surface area contributed by atoms with Crippen LogP contribution in [0.1, 0.15) is 147 Å². The lowest BCUT2D eigenvalue weighted by Gasteiger charge is -2.24. The number of benzene rings is 2. The highest BCUT2D eigenvalue weighted by Gasteiger charge is 2.18. The van der Waals surface area contributed by atoms with E-state index in [2.05, 4.69) is 79.2 Å². The van der Waals surface area contributed by atoms with E-state index in [1.807, 2.05) is 17.8 Å². The first kappa shape index (κ1) is 39.0. The Bertz CT molecular complexity index is 1120. The first-order valence-electron chi connectivity index (χ1n) is 19.3. The van der Waals surface area contributed by atoms with E-state index in [0.29, 0.717) is 12.3 Å². The summed E-state index contributed by atoms with van der Waals surface area (Å²) in [4.78, 5) is 19.1. The Morgan fingerprint density at radius 3 is 1.77 bits per heavy atom. The van der Waals surface area contributed by atoms with Gasteiger partial charge in [0.15, 0.2) is 0 Å². The molecule has 262 valence electrons. The van der Waals surface area contributed by atoms with Crippen molar-refractivity contribution in [3.05, 3.63) is 65.7 Å². The van der Waals surface area contributed by atoms with Gasteiger partial charge in [0.2, 0.25) is 5.91 Å². The van der Waals surface area contributed by atoms with Crippen LogP contribution >= 0.6 is 11.8 Å². The quantitative estimate of drug-likeness (QED) is 0.0939. The van der Waals surface area contributed by atoms with Crippen LogP contribution in [-0.2, 0) is 9.53 Å². The van der Waals surface area contributed by atoms with Gasteiger partial charge in [-0.25, -0.2) is 0 Å². The lowest BCUT2D eigenvalue weighted by atomic mass is 10.1. The molecule has 0 N–H and O–H groups in total. The van der Waals surface area contributed by atoms with Gasteiger partial charge >= 0.3 is 0 Å². The second kappa shape index (κ2) is 24.7. The van der Waals surface area contributed by atoms with Gasteiger partial charge in [0.1, 0.15) is 5.76 Å². The van der Waals surface area contributed by atoms with Gasteiger partial charge in [-0.1, -0.05) is 146 Å². The van der Waals surface area contributed by atoms with Crippen molar-refractivity contribution in [3.63, 3.8) is 0 Å². The molecule has 1 amide bonds. The summed E-state index contributed by atoms with van der Waals surface area (Å²) in [7, 11) is 2.18. The van der Waals surface area contributed by atoms with Crippen molar-refractivity contribution >= 4 is 34.0 Å². The van der Waals surface area contributed by atoms with Crippen molar-refractivity contribution in [3.8, 4) is 0 Å². The maximum Gasteiger partial charge on any atom is 0.222 e. The molecule has 4 nitrogen and oxygen atoms in total. The third kappa shape index (κ3) is 15.6. The summed E-state index contributed by atoms with van der Waals surface area (Å²) < 4.78 is 6.12. The molecule has 0 aliphatic carbocycles. The Morgan fingerprint density at radius 1 is 0.638 bits per heavy atom. The van der Waals surface area contributed by atoms with Crippen LogP contribution in [0.3, 0.4) is 0 Å². The number of thioether (sulfide) groups is 1. The van der Waals surface area contributed by atoms with Gasteiger partial charge in [-0.15, -0.1) is 11.8 Å². The number of carbonyl (C=O) groups is 1. The van der Waals surface area contributed by atoms with Gasteiger partial charge in [-0.2, -0.15) is 0 Å². The number of rotatable bonds is 26. The molecule has 0 saturated carbocycles. The highest BCUT2D eigenvalue weighted by atomic mass is 32.2. The molecule has 5 heteroatoms. The molecule has 0 radical (unpaired) electrons. The molecular weight excluding hydrogens is 597 g/mol. The average molecular weight is 663 g/mol. The molecule has 0 bridgehead atoms. The number of anilines is 1. The van der Waals surface area contributed by atoms with E-state index in [1.54, 1.807) is 0 Å². The fourth-order valence-electron chi connectivity index (χ4n) is 6.45. The van der Waals surface area contributed by atoms with Crippen LogP contribution in [0.25, 0.3) is 10.7 Å². The summed E-state index contributed by atoms with van der Waals surface area (Å²) in [6.45, 7) is 8.22. The third-order valence-corrected chi connectivity index (χ3v) is 10.5. The third-order valence-electron chi connectivity index (χ3n) is 9.44. The van der Waals surface area contributed by atoms with E-state index in [1.165, 1.54) is 99.6 Å². The minimum absolute atomic E-state index is 0.386. The Labute approximate surface area is 293 Å². The molecule has 0 saturated heterocycles. The van der Waals surface area contributed by atoms with Crippen molar-refractivity contribution in [2.75, 3.05) is 43.9 Å². The van der Waals surface area contributed by atoms with Crippen LogP contribution in [0.2, 0.25) is 0 Å². The predicted octanol–water partition coefficient (Wildman–Crippen LogP) is 12.0. The van der Waals surface area contributed by atoms with Gasteiger partial charge in [-0.05, 0) is 43.4 Å². The summed E-state index contributed by atoms with van der Waals surface area (Å²) in [5.74, 6) is 2.36. The maximum atomic E-state index is 13.3. The zero-order valence-electron chi connectivity index (χ0n) is 30.3. The number of amides is 1. The van der Waals surface area contributed by atoms with E-state index >= 15 is 0 Å². The van der Waals surface area contributed by atoms with E-state index in [-0.39, 0.29) is 0 Å². The van der Waals surface area contributed by atoms with Crippen LogP contribution in [0.5, 0.6) is 0 Å². The van der Waals surface area contributed by atoms with E-state index in [4.69, 9.17) is 4.74 Å². The normalized spacial score (nSPS) is 13.1. The SMILES string of the molecule is CCCCCCCCCCN(CCCCCCCCC)C(=O)CCCCCN(C)c1ccc(C2=C(c3ccccc3)OCCS2)cc1.